The second-order valence-electron chi connectivity index (χ2n) is 7.34. The number of rotatable bonds is 5. The zero-order valence-corrected chi connectivity index (χ0v) is 13.1. The van der Waals surface area contributed by atoms with Crippen molar-refractivity contribution in [2.45, 2.75) is 76.5 Å². The third kappa shape index (κ3) is 2.62. The fraction of sp³-hybridized carbons (Fsp3) is 0.684. The highest BCUT2D eigenvalue weighted by molar-refractivity contribution is 5.30. The van der Waals surface area contributed by atoms with Gasteiger partial charge in [0, 0.05) is 0 Å². The van der Waals surface area contributed by atoms with Crippen molar-refractivity contribution < 1.29 is 8.78 Å². The lowest BCUT2D eigenvalue weighted by Crippen LogP contribution is -2.44. The molecular weight excluding hydrogens is 266 g/mol. The van der Waals surface area contributed by atoms with E-state index in [2.05, 4.69) is 6.92 Å². The molecule has 2 bridgehead atoms. The first-order chi connectivity index (χ1) is 10.1. The predicted molar refractivity (Wildman–Crippen MR) is 82.3 cm³/mol. The molecule has 3 aliphatic rings. The van der Waals surface area contributed by atoms with Crippen LogP contribution in [0.1, 0.15) is 76.7 Å². The van der Waals surface area contributed by atoms with Crippen LogP contribution in [0, 0.1) is 17.0 Å². The van der Waals surface area contributed by atoms with E-state index in [1.54, 1.807) is 6.07 Å². The zero-order chi connectivity index (χ0) is 14.9. The molecule has 0 unspecified atom stereocenters. The Morgan fingerprint density at radius 1 is 0.952 bits per heavy atom. The van der Waals surface area contributed by atoms with Crippen molar-refractivity contribution in [3.8, 4) is 0 Å². The molecule has 3 fully saturated rings. The molecule has 0 aliphatic heterocycles. The van der Waals surface area contributed by atoms with E-state index in [4.69, 9.17) is 0 Å². The minimum absolute atomic E-state index is 0.0846. The Labute approximate surface area is 126 Å². The van der Waals surface area contributed by atoms with Crippen molar-refractivity contribution >= 4 is 0 Å². The first-order valence-corrected chi connectivity index (χ1v) is 8.55. The van der Waals surface area contributed by atoms with Crippen LogP contribution in [0.25, 0.3) is 0 Å². The molecule has 0 N–H and O–H groups in total. The molecule has 0 radical (unpaired) electrons. The van der Waals surface area contributed by atoms with Crippen LogP contribution in [-0.4, -0.2) is 0 Å². The molecule has 1 aromatic carbocycles. The Balaban J connectivity index is 1.75. The fourth-order valence-electron chi connectivity index (χ4n) is 4.71. The summed E-state index contributed by atoms with van der Waals surface area (Å²) in [5.41, 5.74) is 1.07. The lowest BCUT2D eigenvalue weighted by atomic mass is 9.51. The zero-order valence-electron chi connectivity index (χ0n) is 13.1. The van der Waals surface area contributed by atoms with Crippen LogP contribution < -0.4 is 0 Å². The maximum atomic E-state index is 14.2. The molecule has 0 saturated heterocycles. The molecule has 0 amide bonds. The number of hydrogen-bond donors (Lipinski definition) is 0. The van der Waals surface area contributed by atoms with Gasteiger partial charge in [-0.25, -0.2) is 8.78 Å². The van der Waals surface area contributed by atoms with Crippen LogP contribution in [0.2, 0.25) is 0 Å². The highest BCUT2D eigenvalue weighted by Gasteiger charge is 2.49. The van der Waals surface area contributed by atoms with E-state index in [0.717, 1.165) is 19.3 Å². The standard InChI is InChI=1S/C19H26F2/c1-2-3-4-8-18-9-12-19(13-10-18,14-11-18)15-6-5-7-16(20)17(15)21/h5-7H,2-4,8-14H2,1H3. The highest BCUT2D eigenvalue weighted by atomic mass is 19.2. The molecule has 0 spiro atoms. The Morgan fingerprint density at radius 3 is 2.24 bits per heavy atom. The predicted octanol–water partition coefficient (Wildman–Crippen LogP) is 6.14. The Kier molecular flexibility index (Phi) is 4.07. The number of halogens is 2. The summed E-state index contributed by atoms with van der Waals surface area (Å²) in [6, 6.07) is 4.71. The number of unbranched alkanes of at least 4 members (excludes halogenated alkanes) is 2. The van der Waals surface area contributed by atoms with Gasteiger partial charge < -0.3 is 0 Å². The van der Waals surface area contributed by atoms with Gasteiger partial charge >= 0.3 is 0 Å². The Bertz CT molecular complexity index is 482. The van der Waals surface area contributed by atoms with Crippen molar-refractivity contribution in [3.63, 3.8) is 0 Å². The summed E-state index contributed by atoms with van der Waals surface area (Å²) in [5, 5.41) is 0. The van der Waals surface area contributed by atoms with Gasteiger partial charge in [0.15, 0.2) is 11.6 Å². The minimum Gasteiger partial charge on any atom is -0.204 e. The molecule has 4 rings (SSSR count). The van der Waals surface area contributed by atoms with Crippen molar-refractivity contribution in [2.24, 2.45) is 5.41 Å². The largest absolute Gasteiger partial charge is 0.204 e. The third-order valence-electron chi connectivity index (χ3n) is 6.24. The van der Waals surface area contributed by atoms with Gasteiger partial charge in [-0.05, 0) is 67.4 Å². The summed E-state index contributed by atoms with van der Waals surface area (Å²) in [4.78, 5) is 0. The molecule has 0 atom stereocenters. The lowest BCUT2D eigenvalue weighted by Gasteiger charge is -2.54. The van der Waals surface area contributed by atoms with E-state index in [0.29, 0.717) is 11.0 Å². The molecule has 0 aromatic heterocycles. The molecule has 2 heteroatoms. The second kappa shape index (κ2) is 5.70. The molecule has 1 aromatic rings. The Hall–Kier alpha value is -0.920. The molecule has 3 aliphatic carbocycles. The average molecular weight is 292 g/mol. The first-order valence-electron chi connectivity index (χ1n) is 8.55. The quantitative estimate of drug-likeness (QED) is 0.572. The number of benzene rings is 1. The van der Waals surface area contributed by atoms with Crippen LogP contribution in [0.4, 0.5) is 8.78 Å². The topological polar surface area (TPSA) is 0 Å². The third-order valence-corrected chi connectivity index (χ3v) is 6.24. The summed E-state index contributed by atoms with van der Waals surface area (Å²) in [5.74, 6) is -1.29. The van der Waals surface area contributed by atoms with E-state index in [1.807, 2.05) is 6.07 Å². The van der Waals surface area contributed by atoms with E-state index in [1.165, 1.54) is 51.0 Å². The van der Waals surface area contributed by atoms with Gasteiger partial charge in [-0.15, -0.1) is 0 Å². The van der Waals surface area contributed by atoms with Gasteiger partial charge in [-0.3, -0.25) is 0 Å². The van der Waals surface area contributed by atoms with Gasteiger partial charge in [0.05, 0.1) is 0 Å². The summed E-state index contributed by atoms with van der Waals surface area (Å²) < 4.78 is 27.8. The van der Waals surface area contributed by atoms with Crippen LogP contribution in [-0.2, 0) is 5.41 Å². The van der Waals surface area contributed by atoms with Gasteiger partial charge in [0.2, 0.25) is 0 Å². The van der Waals surface area contributed by atoms with Crippen molar-refractivity contribution in [1.29, 1.82) is 0 Å². The van der Waals surface area contributed by atoms with Crippen LogP contribution >= 0.6 is 0 Å². The lowest BCUT2D eigenvalue weighted by molar-refractivity contribution is 0.0286. The second-order valence-corrected chi connectivity index (χ2v) is 7.34. The summed E-state index contributed by atoms with van der Waals surface area (Å²) in [6.45, 7) is 2.25. The molecule has 0 nitrogen and oxygen atoms in total. The van der Waals surface area contributed by atoms with Crippen LogP contribution in [0.3, 0.4) is 0 Å². The average Bonchev–Trinajstić information content (AvgIpc) is 2.52. The number of fused-ring (bicyclic) bond motifs is 3. The number of hydrogen-bond acceptors (Lipinski definition) is 0. The van der Waals surface area contributed by atoms with Crippen LogP contribution in [0.5, 0.6) is 0 Å². The summed E-state index contributed by atoms with van der Waals surface area (Å²) >= 11 is 0. The maximum absolute atomic E-state index is 14.2. The first kappa shape index (κ1) is 15.0. The molecule has 3 saturated carbocycles. The maximum Gasteiger partial charge on any atom is 0.162 e. The smallest absolute Gasteiger partial charge is 0.162 e. The van der Waals surface area contributed by atoms with Gasteiger partial charge in [0.1, 0.15) is 0 Å². The van der Waals surface area contributed by atoms with Crippen LogP contribution in [0.15, 0.2) is 18.2 Å². The minimum atomic E-state index is -0.688. The molecular formula is C19H26F2. The van der Waals surface area contributed by atoms with E-state index in [-0.39, 0.29) is 5.41 Å². The summed E-state index contributed by atoms with van der Waals surface area (Å²) in [7, 11) is 0. The molecule has 116 valence electrons. The highest BCUT2D eigenvalue weighted by Crippen LogP contribution is 2.59. The molecule has 0 heterocycles. The SMILES string of the molecule is CCCCCC12CCC(c3cccc(F)c3F)(CC1)CC2. The van der Waals surface area contributed by atoms with Crippen molar-refractivity contribution in [2.75, 3.05) is 0 Å². The Morgan fingerprint density at radius 2 is 1.62 bits per heavy atom. The van der Waals surface area contributed by atoms with Gasteiger partial charge in [-0.2, -0.15) is 0 Å². The monoisotopic (exact) mass is 292 g/mol. The van der Waals surface area contributed by atoms with E-state index >= 15 is 0 Å². The van der Waals surface area contributed by atoms with Gasteiger partial charge in [-0.1, -0.05) is 38.3 Å². The van der Waals surface area contributed by atoms with Crippen molar-refractivity contribution in [3.05, 3.63) is 35.4 Å². The van der Waals surface area contributed by atoms with E-state index < -0.39 is 11.6 Å². The van der Waals surface area contributed by atoms with Crippen molar-refractivity contribution in [1.82, 2.24) is 0 Å². The fourth-order valence-corrected chi connectivity index (χ4v) is 4.71. The normalized spacial score (nSPS) is 31.6. The van der Waals surface area contributed by atoms with E-state index in [9.17, 15) is 8.78 Å². The summed E-state index contributed by atoms with van der Waals surface area (Å²) in [6.07, 6.45) is 12.0. The van der Waals surface area contributed by atoms with Gasteiger partial charge in [0.25, 0.3) is 0 Å². The molecule has 21 heavy (non-hydrogen) atoms.